The van der Waals surface area contributed by atoms with Gasteiger partial charge in [0.05, 0.1) is 25.2 Å². The van der Waals surface area contributed by atoms with E-state index in [1.54, 1.807) is 30.3 Å². The van der Waals surface area contributed by atoms with Crippen LogP contribution < -0.4 is 0 Å². The maximum Gasteiger partial charge on any atom is 0.331 e. The highest BCUT2D eigenvalue weighted by Crippen LogP contribution is 2.49. The predicted octanol–water partition coefficient (Wildman–Crippen LogP) is 3.24. The third-order valence-corrected chi connectivity index (χ3v) is 9.88. The molecule has 258 valence electrons. The molecule has 12 heteroatoms. The van der Waals surface area contributed by atoms with Crippen LogP contribution in [0.4, 0.5) is 0 Å². The van der Waals surface area contributed by atoms with Crippen molar-refractivity contribution in [3.63, 3.8) is 0 Å². The molecule has 2 N–H and O–H groups in total. The minimum absolute atomic E-state index is 0.0137. The number of fused-ring (bicyclic) bond motifs is 3. The van der Waals surface area contributed by atoms with Crippen LogP contribution in [0.5, 0.6) is 0 Å². The summed E-state index contributed by atoms with van der Waals surface area (Å²) in [5.41, 5.74) is 1.43. The van der Waals surface area contributed by atoms with Crippen molar-refractivity contribution in [2.45, 2.75) is 89.6 Å². The molecule has 1 unspecified atom stereocenters. The van der Waals surface area contributed by atoms with Gasteiger partial charge in [0.15, 0.2) is 12.4 Å². The first-order valence-electron chi connectivity index (χ1n) is 16.2. The Morgan fingerprint density at radius 1 is 1.23 bits per heavy atom. The first-order chi connectivity index (χ1) is 22.2. The molecule has 1 saturated heterocycles. The number of aliphatic hydroxyl groups excluding tert-OH is 2. The Hall–Kier alpha value is -3.13. The lowest BCUT2D eigenvalue weighted by atomic mass is 9.65. The number of aliphatic hydroxyl groups is 2. The van der Waals surface area contributed by atoms with Crippen LogP contribution in [0.1, 0.15) is 53.2 Å². The monoisotopic (exact) mass is 656 g/mol. The van der Waals surface area contributed by atoms with Crippen molar-refractivity contribution < 1.29 is 48.2 Å². The van der Waals surface area contributed by atoms with Gasteiger partial charge in [0.25, 0.3) is 0 Å². The minimum Gasteiger partial charge on any atom is -0.456 e. The van der Waals surface area contributed by atoms with Crippen LogP contribution in [0.15, 0.2) is 54.1 Å². The Balaban J connectivity index is 1.49. The fourth-order valence-corrected chi connectivity index (χ4v) is 7.17. The molecule has 4 heterocycles. The maximum absolute atomic E-state index is 13.3. The van der Waals surface area contributed by atoms with Gasteiger partial charge in [-0.15, -0.1) is 0 Å². The molecule has 0 amide bonds. The molecule has 1 aromatic rings. The number of nitrogens with zero attached hydrogens (tertiary/aromatic N) is 2. The number of hydrogen-bond donors (Lipinski definition) is 2. The highest BCUT2D eigenvalue weighted by molar-refractivity contribution is 5.86. The van der Waals surface area contributed by atoms with E-state index in [4.69, 9.17) is 28.4 Å². The molecule has 1 fully saturated rings. The zero-order valence-electron chi connectivity index (χ0n) is 28.2. The lowest BCUT2D eigenvalue weighted by Gasteiger charge is -2.41. The van der Waals surface area contributed by atoms with Crippen molar-refractivity contribution in [2.75, 3.05) is 20.3 Å². The van der Waals surface area contributed by atoms with Crippen LogP contribution in [-0.4, -0.2) is 94.1 Å². The number of aromatic nitrogens is 2. The SMILES string of the molecule is CO[C@]12C=CC(C)(O1)[C@@H](OC(=O)/C=C/c1cn(C)cn1)C[C@H]1C(C)=CC[C@H](C(C)C)[C@H]1/C=C\2CO[C@@H]1OC[C@@H](O)[C@@H](O)[C@@H]1OC(C)=O. The first-order valence-corrected chi connectivity index (χ1v) is 16.2. The predicted molar refractivity (Wildman–Crippen MR) is 170 cm³/mol. The number of hydrogen-bond acceptors (Lipinski definition) is 11. The molecule has 12 nitrogen and oxygen atoms in total. The minimum atomic E-state index is -1.39. The van der Waals surface area contributed by atoms with Gasteiger partial charge in [0.2, 0.25) is 5.79 Å². The second kappa shape index (κ2) is 14.2. The van der Waals surface area contributed by atoms with E-state index in [-0.39, 0.29) is 31.0 Å². The van der Waals surface area contributed by atoms with Crippen molar-refractivity contribution in [1.82, 2.24) is 9.55 Å². The van der Waals surface area contributed by atoms with Gasteiger partial charge in [-0.05, 0) is 68.6 Å². The summed E-state index contributed by atoms with van der Waals surface area (Å²) in [6.07, 6.45) is 10.3. The topological polar surface area (TPSA) is 148 Å². The number of ether oxygens (including phenoxy) is 6. The van der Waals surface area contributed by atoms with Crippen molar-refractivity contribution >= 4 is 18.0 Å². The largest absolute Gasteiger partial charge is 0.456 e. The number of allylic oxidation sites excluding steroid dienone is 3. The number of aryl methyl sites for hydroxylation is 1. The zero-order chi connectivity index (χ0) is 34.1. The van der Waals surface area contributed by atoms with E-state index in [0.717, 1.165) is 6.42 Å². The number of rotatable bonds is 9. The summed E-state index contributed by atoms with van der Waals surface area (Å²) in [6, 6.07) is 0. The molecule has 0 saturated carbocycles. The second-order valence-corrected chi connectivity index (χ2v) is 13.6. The fraction of sp³-hybridized carbons (Fsp3) is 0.629. The molecule has 10 atom stereocenters. The third kappa shape index (κ3) is 7.48. The summed E-state index contributed by atoms with van der Waals surface area (Å²) in [5.74, 6) is -1.90. The van der Waals surface area contributed by atoms with E-state index in [2.05, 4.69) is 37.9 Å². The Bertz CT molecular complexity index is 1430. The molecule has 47 heavy (non-hydrogen) atoms. The molecule has 4 aliphatic rings. The molecule has 0 spiro atoms. The van der Waals surface area contributed by atoms with Crippen molar-refractivity contribution in [1.29, 1.82) is 0 Å². The molecular formula is C35H48N2O10. The van der Waals surface area contributed by atoms with E-state index in [9.17, 15) is 19.8 Å². The normalized spacial score (nSPS) is 38.2. The molecule has 1 aromatic heterocycles. The number of carbonyl (C=O) groups is 2. The summed E-state index contributed by atoms with van der Waals surface area (Å²) >= 11 is 0. The van der Waals surface area contributed by atoms with E-state index >= 15 is 0 Å². The molecular weight excluding hydrogens is 608 g/mol. The van der Waals surface area contributed by atoms with E-state index < -0.39 is 54.0 Å². The molecule has 5 rings (SSSR count). The van der Waals surface area contributed by atoms with Crippen molar-refractivity contribution in [3.05, 3.63) is 59.7 Å². The Labute approximate surface area is 276 Å². The standard InChI is InChI=1S/C35H48N2O10/c1-20(2)25-10-8-21(3)26-15-29(46-30(40)11-9-24-16-37(6)19-36-24)34(5)12-13-35(42-7,47-34)23(14-27(25)26)17-43-33-32(45-22(4)38)31(41)28(39)18-44-33/h8-9,11-14,16,19-20,25-29,31-33,39,41H,10,15,17-18H2,1-7H3/b11-9+,23-14-/t25-,26+,27-,28-,29+,31-,32+,33-,34?,35-/m1/s1. The average molecular weight is 657 g/mol. The van der Waals surface area contributed by atoms with Crippen LogP contribution in [0.2, 0.25) is 0 Å². The van der Waals surface area contributed by atoms with Crippen LogP contribution in [-0.2, 0) is 45.1 Å². The summed E-state index contributed by atoms with van der Waals surface area (Å²) in [7, 11) is 3.40. The number of methoxy groups -OCH3 is 1. The number of imidazole rings is 1. The second-order valence-electron chi connectivity index (χ2n) is 13.6. The van der Waals surface area contributed by atoms with E-state index in [1.807, 2.05) is 26.1 Å². The van der Waals surface area contributed by atoms with Gasteiger partial charge in [-0.2, -0.15) is 0 Å². The molecule has 0 aromatic carbocycles. The number of carbonyl (C=O) groups excluding carboxylic acids is 2. The van der Waals surface area contributed by atoms with Crippen LogP contribution in [0.25, 0.3) is 6.08 Å². The van der Waals surface area contributed by atoms with Gasteiger partial charge >= 0.3 is 11.9 Å². The highest BCUT2D eigenvalue weighted by Gasteiger charge is 2.54. The summed E-state index contributed by atoms with van der Waals surface area (Å²) < 4.78 is 38.1. The number of esters is 2. The van der Waals surface area contributed by atoms with E-state index in [1.165, 1.54) is 18.6 Å². The summed E-state index contributed by atoms with van der Waals surface area (Å²) in [6.45, 7) is 9.36. The zero-order valence-corrected chi connectivity index (χ0v) is 28.2. The van der Waals surface area contributed by atoms with E-state index in [0.29, 0.717) is 23.6 Å². The van der Waals surface area contributed by atoms with Gasteiger partial charge in [-0.3, -0.25) is 4.79 Å². The van der Waals surface area contributed by atoms with Crippen LogP contribution in [0.3, 0.4) is 0 Å². The Kier molecular flexibility index (Phi) is 10.6. The van der Waals surface area contributed by atoms with Gasteiger partial charge in [-0.1, -0.05) is 31.6 Å². The molecule has 1 aliphatic carbocycles. The average Bonchev–Trinajstić information content (AvgIpc) is 3.61. The Morgan fingerprint density at radius 3 is 2.66 bits per heavy atom. The maximum atomic E-state index is 13.3. The fourth-order valence-electron chi connectivity index (χ4n) is 7.17. The smallest absolute Gasteiger partial charge is 0.331 e. The van der Waals surface area contributed by atoms with Crippen LogP contribution in [0, 0.1) is 23.7 Å². The molecule has 2 bridgehead atoms. The van der Waals surface area contributed by atoms with Gasteiger partial charge in [0, 0.05) is 38.9 Å². The highest BCUT2D eigenvalue weighted by atomic mass is 16.7. The lowest BCUT2D eigenvalue weighted by molar-refractivity contribution is -0.277. The van der Waals surface area contributed by atoms with Gasteiger partial charge < -0.3 is 43.2 Å². The summed E-state index contributed by atoms with van der Waals surface area (Å²) in [4.78, 5) is 29.4. The lowest BCUT2D eigenvalue weighted by Crippen LogP contribution is -2.55. The van der Waals surface area contributed by atoms with Crippen LogP contribution >= 0.6 is 0 Å². The first kappa shape index (κ1) is 35.2. The van der Waals surface area contributed by atoms with Gasteiger partial charge in [-0.25, -0.2) is 9.78 Å². The van der Waals surface area contributed by atoms with Gasteiger partial charge in [0.1, 0.15) is 23.9 Å². The molecule has 0 radical (unpaired) electrons. The summed E-state index contributed by atoms with van der Waals surface area (Å²) in [5, 5.41) is 20.8. The Morgan fingerprint density at radius 2 is 2.00 bits per heavy atom. The quantitative estimate of drug-likeness (QED) is 0.229. The third-order valence-electron chi connectivity index (χ3n) is 9.88. The molecule has 3 aliphatic heterocycles. The van der Waals surface area contributed by atoms with Crippen molar-refractivity contribution in [3.8, 4) is 0 Å². The van der Waals surface area contributed by atoms with Crippen molar-refractivity contribution in [2.24, 2.45) is 30.7 Å².